The summed E-state index contributed by atoms with van der Waals surface area (Å²) in [5, 5.41) is 5.83. The van der Waals surface area contributed by atoms with Crippen LogP contribution in [0.5, 0.6) is 0 Å². The van der Waals surface area contributed by atoms with Crippen molar-refractivity contribution in [3.63, 3.8) is 0 Å². The Morgan fingerprint density at radius 2 is 2.44 bits per heavy atom. The van der Waals surface area contributed by atoms with Crippen LogP contribution in [0.2, 0.25) is 0 Å². The molecule has 0 aliphatic carbocycles. The van der Waals surface area contributed by atoms with Crippen LogP contribution >= 0.6 is 0 Å². The minimum atomic E-state index is -0.490. The van der Waals surface area contributed by atoms with E-state index in [9.17, 15) is 4.79 Å². The lowest BCUT2D eigenvalue weighted by Gasteiger charge is -2.17. The van der Waals surface area contributed by atoms with Gasteiger partial charge in [0, 0.05) is 25.2 Å². The molecule has 4 N–H and O–H groups in total. The Morgan fingerprint density at radius 1 is 1.56 bits per heavy atom. The van der Waals surface area contributed by atoms with Crippen molar-refractivity contribution in [2.24, 2.45) is 5.73 Å². The lowest BCUT2D eigenvalue weighted by molar-refractivity contribution is 0.249. The molecule has 2 heterocycles. The number of aryl methyl sites for hydroxylation is 1. The van der Waals surface area contributed by atoms with Crippen molar-refractivity contribution in [3.8, 4) is 0 Å². The van der Waals surface area contributed by atoms with Crippen molar-refractivity contribution in [3.05, 3.63) is 23.4 Å². The maximum atomic E-state index is 10.5. The maximum Gasteiger partial charge on any atom is 0.312 e. The van der Waals surface area contributed by atoms with E-state index in [1.54, 1.807) is 0 Å². The van der Waals surface area contributed by atoms with Gasteiger partial charge in [-0.25, -0.2) is 9.78 Å². The molecule has 5 heteroatoms. The van der Waals surface area contributed by atoms with Gasteiger partial charge in [0.1, 0.15) is 5.82 Å². The highest BCUT2D eigenvalue weighted by Gasteiger charge is 2.09. The first-order valence-corrected chi connectivity index (χ1v) is 5.51. The number of carbonyl (C=O) groups excluding carboxylic acids is 1. The smallest absolute Gasteiger partial charge is 0.312 e. The van der Waals surface area contributed by atoms with E-state index in [4.69, 9.17) is 5.73 Å². The third-order valence-corrected chi connectivity index (χ3v) is 2.63. The summed E-state index contributed by atoms with van der Waals surface area (Å²) < 4.78 is 0. The molecule has 0 atom stereocenters. The fourth-order valence-corrected chi connectivity index (χ4v) is 1.82. The molecular formula is C11H16N4O. The molecule has 0 saturated heterocycles. The molecule has 0 aromatic carbocycles. The number of urea groups is 1. The number of nitrogens with zero attached hydrogens (tertiary/aromatic N) is 1. The zero-order chi connectivity index (χ0) is 11.4. The summed E-state index contributed by atoms with van der Waals surface area (Å²) in [7, 11) is 0. The predicted molar refractivity (Wildman–Crippen MR) is 62.3 cm³/mol. The first-order valence-electron chi connectivity index (χ1n) is 5.51. The summed E-state index contributed by atoms with van der Waals surface area (Å²) in [6.45, 7) is 1.52. The van der Waals surface area contributed by atoms with E-state index in [-0.39, 0.29) is 0 Å². The molecule has 0 fully saturated rings. The van der Waals surface area contributed by atoms with Gasteiger partial charge >= 0.3 is 6.03 Å². The molecule has 0 bridgehead atoms. The molecule has 0 radical (unpaired) electrons. The largest absolute Gasteiger partial charge is 0.370 e. The summed E-state index contributed by atoms with van der Waals surface area (Å²) in [5.41, 5.74) is 7.23. The number of amides is 2. The molecule has 86 valence electrons. The number of carbonyl (C=O) groups is 1. The number of anilines is 1. The van der Waals surface area contributed by atoms with Crippen LogP contribution in [0, 0.1) is 0 Å². The fourth-order valence-electron chi connectivity index (χ4n) is 1.82. The highest BCUT2D eigenvalue weighted by molar-refractivity contribution is 5.71. The SMILES string of the molecule is NC(=O)NCCc1ccc2c(n1)NCCC2. The predicted octanol–water partition coefficient (Wildman–Crippen LogP) is 0.650. The Hall–Kier alpha value is -1.78. The third-order valence-electron chi connectivity index (χ3n) is 2.63. The molecule has 0 unspecified atom stereocenters. The van der Waals surface area contributed by atoms with Gasteiger partial charge in [0.25, 0.3) is 0 Å². The molecule has 1 aromatic heterocycles. The fraction of sp³-hybridized carbons (Fsp3) is 0.455. The molecule has 5 nitrogen and oxygen atoms in total. The van der Waals surface area contributed by atoms with Gasteiger partial charge in [0.15, 0.2) is 0 Å². The molecule has 2 rings (SSSR count). The quantitative estimate of drug-likeness (QED) is 0.699. The third kappa shape index (κ3) is 2.62. The molecule has 0 saturated carbocycles. The van der Waals surface area contributed by atoms with Crippen molar-refractivity contribution in [1.82, 2.24) is 10.3 Å². The minimum Gasteiger partial charge on any atom is -0.370 e. The molecule has 1 aromatic rings. The Kier molecular flexibility index (Phi) is 3.24. The van der Waals surface area contributed by atoms with Crippen LogP contribution in [0.4, 0.5) is 10.6 Å². The first kappa shape index (κ1) is 10.7. The minimum absolute atomic E-state index is 0.490. The molecule has 2 amide bonds. The average molecular weight is 220 g/mol. The molecular weight excluding hydrogens is 204 g/mol. The van der Waals surface area contributed by atoms with Gasteiger partial charge in [-0.2, -0.15) is 0 Å². The number of nitrogens with two attached hydrogens (primary N) is 1. The van der Waals surface area contributed by atoms with Crippen molar-refractivity contribution in [2.45, 2.75) is 19.3 Å². The van der Waals surface area contributed by atoms with Gasteiger partial charge < -0.3 is 16.4 Å². The second-order valence-corrected chi connectivity index (χ2v) is 3.88. The van der Waals surface area contributed by atoms with E-state index in [1.165, 1.54) is 5.56 Å². The van der Waals surface area contributed by atoms with E-state index in [2.05, 4.69) is 21.7 Å². The standard InChI is InChI=1S/C11H16N4O/c12-11(16)14-7-5-9-4-3-8-2-1-6-13-10(8)15-9/h3-4H,1-2,5-7H2,(H,13,15)(H3,12,14,16). The van der Waals surface area contributed by atoms with Gasteiger partial charge in [-0.3, -0.25) is 0 Å². The van der Waals surface area contributed by atoms with E-state index in [0.29, 0.717) is 13.0 Å². The van der Waals surface area contributed by atoms with Crippen LogP contribution in [0.25, 0.3) is 0 Å². The Labute approximate surface area is 94.4 Å². The van der Waals surface area contributed by atoms with Crippen LogP contribution in [-0.2, 0) is 12.8 Å². The van der Waals surface area contributed by atoms with Gasteiger partial charge in [0.05, 0.1) is 0 Å². The summed E-state index contributed by atoms with van der Waals surface area (Å²) in [6.07, 6.45) is 2.96. The lowest BCUT2D eigenvalue weighted by atomic mass is 10.1. The summed E-state index contributed by atoms with van der Waals surface area (Å²) in [4.78, 5) is 15.0. The van der Waals surface area contributed by atoms with E-state index >= 15 is 0 Å². The van der Waals surface area contributed by atoms with Gasteiger partial charge in [-0.05, 0) is 24.5 Å². The van der Waals surface area contributed by atoms with Crippen molar-refractivity contribution in [1.29, 1.82) is 0 Å². The number of nitrogens with one attached hydrogen (secondary N) is 2. The van der Waals surface area contributed by atoms with Crippen molar-refractivity contribution >= 4 is 11.8 Å². The molecule has 1 aliphatic heterocycles. The monoisotopic (exact) mass is 220 g/mol. The zero-order valence-electron chi connectivity index (χ0n) is 9.12. The van der Waals surface area contributed by atoms with Crippen molar-refractivity contribution < 1.29 is 4.79 Å². The Morgan fingerprint density at radius 3 is 3.25 bits per heavy atom. The van der Waals surface area contributed by atoms with E-state index in [1.807, 2.05) is 6.07 Å². The van der Waals surface area contributed by atoms with Gasteiger partial charge in [-0.15, -0.1) is 0 Å². The average Bonchev–Trinajstić information content (AvgIpc) is 2.28. The summed E-state index contributed by atoms with van der Waals surface area (Å²) in [5.74, 6) is 0.989. The first-order chi connectivity index (χ1) is 7.75. The second kappa shape index (κ2) is 4.83. The number of aromatic nitrogens is 1. The van der Waals surface area contributed by atoms with E-state index < -0.39 is 6.03 Å². The Balaban J connectivity index is 1.97. The molecule has 0 spiro atoms. The summed E-state index contributed by atoms with van der Waals surface area (Å²) >= 11 is 0. The van der Waals surface area contributed by atoms with Crippen molar-refractivity contribution in [2.75, 3.05) is 18.4 Å². The van der Waals surface area contributed by atoms with Gasteiger partial charge in [-0.1, -0.05) is 6.07 Å². The number of hydrogen-bond donors (Lipinski definition) is 3. The highest BCUT2D eigenvalue weighted by atomic mass is 16.2. The van der Waals surface area contributed by atoms with Crippen LogP contribution < -0.4 is 16.4 Å². The van der Waals surface area contributed by atoms with Gasteiger partial charge in [0.2, 0.25) is 0 Å². The van der Waals surface area contributed by atoms with Crippen LogP contribution in [-0.4, -0.2) is 24.1 Å². The number of rotatable bonds is 3. The van der Waals surface area contributed by atoms with E-state index in [0.717, 1.165) is 30.9 Å². The van der Waals surface area contributed by atoms with Crippen LogP contribution in [0.3, 0.4) is 0 Å². The normalized spacial score (nSPS) is 13.8. The lowest BCUT2D eigenvalue weighted by Crippen LogP contribution is -2.31. The van der Waals surface area contributed by atoms with Crippen LogP contribution in [0.15, 0.2) is 12.1 Å². The number of fused-ring (bicyclic) bond motifs is 1. The molecule has 1 aliphatic rings. The Bertz CT molecular complexity index is 392. The molecule has 16 heavy (non-hydrogen) atoms. The van der Waals surface area contributed by atoms with Crippen LogP contribution in [0.1, 0.15) is 17.7 Å². The topological polar surface area (TPSA) is 80.0 Å². The zero-order valence-corrected chi connectivity index (χ0v) is 9.12. The second-order valence-electron chi connectivity index (χ2n) is 3.88. The number of pyridine rings is 1. The maximum absolute atomic E-state index is 10.5. The number of primary amides is 1. The highest BCUT2D eigenvalue weighted by Crippen LogP contribution is 2.19. The summed E-state index contributed by atoms with van der Waals surface area (Å²) in [6, 6.07) is 3.62. The number of hydrogen-bond acceptors (Lipinski definition) is 3.